The van der Waals surface area contributed by atoms with Gasteiger partial charge in [0.1, 0.15) is 0 Å². The maximum atomic E-state index is 12.2. The molecule has 0 bridgehead atoms. The fourth-order valence-corrected chi connectivity index (χ4v) is 2.13. The summed E-state index contributed by atoms with van der Waals surface area (Å²) in [6.07, 6.45) is 1.75. The Morgan fingerprint density at radius 1 is 1.00 bits per heavy atom. The Bertz CT molecular complexity index is 701. The van der Waals surface area contributed by atoms with Crippen molar-refractivity contribution in [2.45, 2.75) is 6.54 Å². The number of hydrogen-bond acceptors (Lipinski definition) is 1. The third-order valence-electron chi connectivity index (χ3n) is 3.13. The number of benzene rings is 2. The van der Waals surface area contributed by atoms with Gasteiger partial charge in [-0.05, 0) is 11.6 Å². The van der Waals surface area contributed by atoms with Crippen molar-refractivity contribution in [1.29, 1.82) is 0 Å². The van der Waals surface area contributed by atoms with E-state index < -0.39 is 0 Å². The van der Waals surface area contributed by atoms with Crippen molar-refractivity contribution >= 4 is 16.8 Å². The largest absolute Gasteiger partial charge is 0.360 e. The lowest BCUT2D eigenvalue weighted by Gasteiger charge is -2.04. The number of hydrogen-bond donors (Lipinski definition) is 2. The first-order valence-electron chi connectivity index (χ1n) is 6.23. The molecule has 2 aromatic carbocycles. The highest BCUT2D eigenvalue weighted by Gasteiger charge is 2.10. The first-order valence-corrected chi connectivity index (χ1v) is 6.23. The Hall–Kier alpha value is -2.55. The average molecular weight is 250 g/mol. The normalized spacial score (nSPS) is 10.5. The van der Waals surface area contributed by atoms with Crippen LogP contribution < -0.4 is 5.32 Å². The van der Waals surface area contributed by atoms with Gasteiger partial charge in [-0.25, -0.2) is 0 Å². The first-order chi connectivity index (χ1) is 9.34. The van der Waals surface area contributed by atoms with Gasteiger partial charge in [-0.3, -0.25) is 4.79 Å². The lowest BCUT2D eigenvalue weighted by Crippen LogP contribution is -2.22. The van der Waals surface area contributed by atoms with Crippen molar-refractivity contribution in [1.82, 2.24) is 10.3 Å². The van der Waals surface area contributed by atoms with Crippen LogP contribution in [0.4, 0.5) is 0 Å². The van der Waals surface area contributed by atoms with Gasteiger partial charge in [0.15, 0.2) is 0 Å². The second-order valence-corrected chi connectivity index (χ2v) is 4.42. The summed E-state index contributed by atoms with van der Waals surface area (Å²) in [7, 11) is 0. The molecule has 0 aliphatic carbocycles. The third kappa shape index (κ3) is 2.36. The molecular formula is C16H14N2O. The number of nitrogens with one attached hydrogen (secondary N) is 2. The van der Waals surface area contributed by atoms with Crippen LogP contribution in [-0.2, 0) is 6.54 Å². The number of amides is 1. The molecule has 0 spiro atoms. The van der Waals surface area contributed by atoms with Gasteiger partial charge in [-0.1, -0.05) is 48.5 Å². The highest BCUT2D eigenvalue weighted by Crippen LogP contribution is 2.17. The standard InChI is InChI=1S/C16H14N2O/c19-16(18-10-12-6-2-1-3-7-12)14-11-17-15-9-5-4-8-13(14)15/h1-9,11,17H,10H2,(H,18,19). The summed E-state index contributed by atoms with van der Waals surface area (Å²) >= 11 is 0. The van der Waals surface area contributed by atoms with E-state index in [2.05, 4.69) is 10.3 Å². The van der Waals surface area contributed by atoms with Gasteiger partial charge in [0, 0.05) is 23.6 Å². The van der Waals surface area contributed by atoms with E-state index in [1.807, 2.05) is 54.6 Å². The molecule has 0 fully saturated rings. The number of carbonyl (C=O) groups is 1. The van der Waals surface area contributed by atoms with Crippen LogP contribution in [-0.4, -0.2) is 10.9 Å². The lowest BCUT2D eigenvalue weighted by atomic mass is 10.1. The highest BCUT2D eigenvalue weighted by atomic mass is 16.1. The minimum absolute atomic E-state index is 0.0543. The van der Waals surface area contributed by atoms with Gasteiger partial charge in [0.05, 0.1) is 5.56 Å². The maximum absolute atomic E-state index is 12.2. The van der Waals surface area contributed by atoms with Crippen molar-refractivity contribution in [3.05, 3.63) is 71.9 Å². The van der Waals surface area contributed by atoms with Gasteiger partial charge < -0.3 is 10.3 Å². The Balaban J connectivity index is 1.77. The van der Waals surface area contributed by atoms with Gasteiger partial charge in [0.2, 0.25) is 0 Å². The number of aromatic nitrogens is 1. The topological polar surface area (TPSA) is 44.9 Å². The molecular weight excluding hydrogens is 236 g/mol. The van der Waals surface area contributed by atoms with Gasteiger partial charge >= 0.3 is 0 Å². The summed E-state index contributed by atoms with van der Waals surface area (Å²) in [6.45, 7) is 0.541. The molecule has 0 unspecified atom stereocenters. The molecule has 94 valence electrons. The van der Waals surface area contributed by atoms with Gasteiger partial charge in [-0.15, -0.1) is 0 Å². The predicted octanol–water partition coefficient (Wildman–Crippen LogP) is 3.10. The summed E-state index contributed by atoms with van der Waals surface area (Å²) in [4.78, 5) is 15.3. The molecule has 0 radical (unpaired) electrons. The van der Waals surface area contributed by atoms with Crippen LogP contribution in [0.5, 0.6) is 0 Å². The van der Waals surface area contributed by atoms with Crippen molar-refractivity contribution in [2.75, 3.05) is 0 Å². The molecule has 1 aromatic heterocycles. The van der Waals surface area contributed by atoms with Gasteiger partial charge in [0.25, 0.3) is 5.91 Å². The zero-order chi connectivity index (χ0) is 13.1. The summed E-state index contributed by atoms with van der Waals surface area (Å²) < 4.78 is 0. The fourth-order valence-electron chi connectivity index (χ4n) is 2.13. The molecule has 0 saturated heterocycles. The van der Waals surface area contributed by atoms with Crippen molar-refractivity contribution in [3.8, 4) is 0 Å². The molecule has 3 rings (SSSR count). The number of rotatable bonds is 3. The van der Waals surface area contributed by atoms with Crippen LogP contribution in [0.15, 0.2) is 60.8 Å². The monoisotopic (exact) mass is 250 g/mol. The Labute approximate surface area is 111 Å². The molecule has 1 heterocycles. The van der Waals surface area contributed by atoms with E-state index in [1.54, 1.807) is 6.20 Å². The van der Waals surface area contributed by atoms with Crippen molar-refractivity contribution in [3.63, 3.8) is 0 Å². The van der Waals surface area contributed by atoms with E-state index in [-0.39, 0.29) is 5.91 Å². The Morgan fingerprint density at radius 3 is 2.58 bits per heavy atom. The number of para-hydroxylation sites is 1. The second kappa shape index (κ2) is 4.98. The van der Waals surface area contributed by atoms with E-state index in [4.69, 9.17) is 0 Å². The van der Waals surface area contributed by atoms with E-state index in [0.29, 0.717) is 12.1 Å². The van der Waals surface area contributed by atoms with Crippen LogP contribution in [0.3, 0.4) is 0 Å². The van der Waals surface area contributed by atoms with Gasteiger partial charge in [-0.2, -0.15) is 0 Å². The third-order valence-corrected chi connectivity index (χ3v) is 3.13. The molecule has 1 amide bonds. The summed E-state index contributed by atoms with van der Waals surface area (Å²) in [5, 5.41) is 3.89. The first kappa shape index (κ1) is 11.5. The SMILES string of the molecule is O=C(NCc1ccccc1)c1c[nH]c2ccccc12. The Morgan fingerprint density at radius 2 is 1.74 bits per heavy atom. The zero-order valence-corrected chi connectivity index (χ0v) is 10.4. The average Bonchev–Trinajstić information content (AvgIpc) is 2.90. The van der Waals surface area contributed by atoms with Crippen LogP contribution in [0, 0.1) is 0 Å². The van der Waals surface area contributed by atoms with Crippen LogP contribution >= 0.6 is 0 Å². The number of fused-ring (bicyclic) bond motifs is 1. The highest BCUT2D eigenvalue weighted by molar-refractivity contribution is 6.06. The fraction of sp³-hybridized carbons (Fsp3) is 0.0625. The quantitative estimate of drug-likeness (QED) is 0.737. The summed E-state index contributed by atoms with van der Waals surface area (Å²) in [5.41, 5.74) is 2.76. The van der Waals surface area contributed by atoms with Crippen LogP contribution in [0.25, 0.3) is 10.9 Å². The zero-order valence-electron chi connectivity index (χ0n) is 10.4. The summed E-state index contributed by atoms with van der Waals surface area (Å²) in [6, 6.07) is 17.7. The van der Waals surface area contributed by atoms with E-state index in [9.17, 15) is 4.79 Å². The molecule has 19 heavy (non-hydrogen) atoms. The second-order valence-electron chi connectivity index (χ2n) is 4.42. The minimum atomic E-state index is -0.0543. The maximum Gasteiger partial charge on any atom is 0.253 e. The number of H-pyrrole nitrogens is 1. The van der Waals surface area contributed by atoms with Crippen molar-refractivity contribution < 1.29 is 4.79 Å². The molecule has 0 aliphatic rings. The predicted molar refractivity (Wildman–Crippen MR) is 75.9 cm³/mol. The van der Waals surface area contributed by atoms with E-state index in [1.165, 1.54) is 0 Å². The lowest BCUT2D eigenvalue weighted by molar-refractivity contribution is 0.0952. The molecule has 3 nitrogen and oxygen atoms in total. The minimum Gasteiger partial charge on any atom is -0.360 e. The smallest absolute Gasteiger partial charge is 0.253 e. The molecule has 3 heteroatoms. The Kier molecular flexibility index (Phi) is 3.02. The molecule has 0 saturated carbocycles. The number of carbonyl (C=O) groups excluding carboxylic acids is 1. The summed E-state index contributed by atoms with van der Waals surface area (Å²) in [5.74, 6) is -0.0543. The van der Waals surface area contributed by atoms with Crippen LogP contribution in [0.2, 0.25) is 0 Å². The van der Waals surface area contributed by atoms with Crippen molar-refractivity contribution in [2.24, 2.45) is 0 Å². The molecule has 0 aliphatic heterocycles. The number of aromatic amines is 1. The molecule has 0 atom stereocenters. The van der Waals surface area contributed by atoms with E-state index >= 15 is 0 Å². The van der Waals surface area contributed by atoms with E-state index in [0.717, 1.165) is 16.5 Å². The van der Waals surface area contributed by atoms with Crippen LogP contribution in [0.1, 0.15) is 15.9 Å². The molecule has 2 N–H and O–H groups in total. The molecule has 3 aromatic rings.